The van der Waals surface area contributed by atoms with E-state index in [0.29, 0.717) is 31.2 Å². The number of carbonyl (C=O) groups is 1. The second-order valence-corrected chi connectivity index (χ2v) is 6.27. The van der Waals surface area contributed by atoms with Gasteiger partial charge in [-0.3, -0.25) is 4.79 Å². The number of aryl methyl sites for hydroxylation is 1. The second-order valence-electron chi connectivity index (χ2n) is 6.27. The Balaban J connectivity index is 0.00000392. The molecular formula is C21H28FIN4O. The van der Waals surface area contributed by atoms with E-state index in [4.69, 9.17) is 0 Å². The zero-order valence-corrected chi connectivity index (χ0v) is 18.6. The van der Waals surface area contributed by atoms with E-state index >= 15 is 0 Å². The molecule has 7 heteroatoms. The molecule has 152 valence electrons. The van der Waals surface area contributed by atoms with Gasteiger partial charge in [0.2, 0.25) is 5.91 Å². The predicted octanol–water partition coefficient (Wildman–Crippen LogP) is 3.17. The van der Waals surface area contributed by atoms with Gasteiger partial charge in [-0.25, -0.2) is 9.38 Å². The number of guanidine groups is 1. The topological polar surface area (TPSA) is 65.5 Å². The number of amides is 1. The molecule has 0 bridgehead atoms. The number of halogens is 2. The van der Waals surface area contributed by atoms with Crippen molar-refractivity contribution in [1.82, 2.24) is 16.0 Å². The maximum atomic E-state index is 13.1. The third-order valence-electron chi connectivity index (χ3n) is 3.84. The minimum atomic E-state index is -0.331. The van der Waals surface area contributed by atoms with Gasteiger partial charge in [-0.1, -0.05) is 42.0 Å². The van der Waals surface area contributed by atoms with Gasteiger partial charge in [0.25, 0.3) is 0 Å². The smallest absolute Gasteiger partial charge is 0.224 e. The van der Waals surface area contributed by atoms with Crippen molar-refractivity contribution in [2.45, 2.75) is 26.8 Å². The van der Waals surface area contributed by atoms with Crippen molar-refractivity contribution in [2.24, 2.45) is 4.99 Å². The van der Waals surface area contributed by atoms with Gasteiger partial charge in [-0.15, -0.1) is 24.0 Å². The summed E-state index contributed by atoms with van der Waals surface area (Å²) in [6.45, 7) is 6.42. The van der Waals surface area contributed by atoms with Gasteiger partial charge in [-0.2, -0.15) is 0 Å². The molecule has 5 nitrogen and oxygen atoms in total. The fourth-order valence-electron chi connectivity index (χ4n) is 2.60. The summed E-state index contributed by atoms with van der Waals surface area (Å²) in [5.74, 6) is 0.240. The first-order valence-electron chi connectivity index (χ1n) is 9.15. The van der Waals surface area contributed by atoms with Crippen LogP contribution in [0.25, 0.3) is 0 Å². The van der Waals surface area contributed by atoms with Crippen molar-refractivity contribution in [3.63, 3.8) is 0 Å². The highest BCUT2D eigenvalue weighted by Crippen LogP contribution is 2.05. The monoisotopic (exact) mass is 498 g/mol. The first-order valence-corrected chi connectivity index (χ1v) is 9.15. The number of benzene rings is 2. The number of aliphatic imine (C=N–C) groups is 1. The van der Waals surface area contributed by atoms with E-state index in [-0.39, 0.29) is 42.1 Å². The van der Waals surface area contributed by atoms with E-state index < -0.39 is 0 Å². The second kappa shape index (κ2) is 13.1. The lowest BCUT2D eigenvalue weighted by Crippen LogP contribution is -2.41. The first-order chi connectivity index (χ1) is 13.1. The highest BCUT2D eigenvalue weighted by atomic mass is 127. The Morgan fingerprint density at radius 2 is 1.71 bits per heavy atom. The Morgan fingerprint density at radius 3 is 2.43 bits per heavy atom. The molecule has 0 unspecified atom stereocenters. The molecule has 0 radical (unpaired) electrons. The van der Waals surface area contributed by atoms with Gasteiger partial charge < -0.3 is 16.0 Å². The van der Waals surface area contributed by atoms with Gasteiger partial charge >= 0.3 is 0 Å². The van der Waals surface area contributed by atoms with Gasteiger partial charge in [0.15, 0.2) is 5.96 Å². The number of hydrogen-bond donors (Lipinski definition) is 3. The normalized spacial score (nSPS) is 10.8. The van der Waals surface area contributed by atoms with Crippen molar-refractivity contribution < 1.29 is 9.18 Å². The number of carbonyl (C=O) groups excluding carboxylic acids is 1. The zero-order valence-electron chi connectivity index (χ0n) is 16.3. The van der Waals surface area contributed by atoms with Crippen LogP contribution in [0.1, 0.15) is 23.6 Å². The summed E-state index contributed by atoms with van der Waals surface area (Å²) in [4.78, 5) is 16.5. The molecule has 28 heavy (non-hydrogen) atoms. The SMILES string of the molecule is CCNC(=NCc1cccc(C)c1)NCCNC(=O)Cc1cccc(F)c1.I. The van der Waals surface area contributed by atoms with Crippen LogP contribution < -0.4 is 16.0 Å². The summed E-state index contributed by atoms with van der Waals surface area (Å²) in [6, 6.07) is 14.3. The Labute approximate surface area is 183 Å². The van der Waals surface area contributed by atoms with Crippen LogP contribution in [0.4, 0.5) is 4.39 Å². The van der Waals surface area contributed by atoms with Crippen molar-refractivity contribution >= 4 is 35.8 Å². The molecule has 0 fully saturated rings. The predicted molar refractivity (Wildman–Crippen MR) is 123 cm³/mol. The Bertz CT molecular complexity index is 783. The fraction of sp³-hybridized carbons (Fsp3) is 0.333. The van der Waals surface area contributed by atoms with Crippen LogP contribution in [-0.4, -0.2) is 31.5 Å². The fourth-order valence-corrected chi connectivity index (χ4v) is 2.60. The van der Waals surface area contributed by atoms with Crippen LogP contribution in [0, 0.1) is 12.7 Å². The molecule has 0 aromatic heterocycles. The van der Waals surface area contributed by atoms with Crippen LogP contribution in [-0.2, 0) is 17.8 Å². The largest absolute Gasteiger partial charge is 0.357 e. The average molecular weight is 498 g/mol. The van der Waals surface area contributed by atoms with Crippen molar-refractivity contribution in [3.05, 3.63) is 71.0 Å². The van der Waals surface area contributed by atoms with Crippen molar-refractivity contribution in [3.8, 4) is 0 Å². The Morgan fingerprint density at radius 1 is 1.00 bits per heavy atom. The average Bonchev–Trinajstić information content (AvgIpc) is 2.63. The quantitative estimate of drug-likeness (QED) is 0.227. The van der Waals surface area contributed by atoms with Crippen molar-refractivity contribution in [2.75, 3.05) is 19.6 Å². The molecule has 0 aliphatic rings. The lowest BCUT2D eigenvalue weighted by atomic mass is 10.1. The van der Waals surface area contributed by atoms with E-state index in [9.17, 15) is 9.18 Å². The van der Waals surface area contributed by atoms with E-state index in [0.717, 1.165) is 12.1 Å². The minimum absolute atomic E-state index is 0. The molecule has 0 spiro atoms. The molecule has 0 aliphatic heterocycles. The summed E-state index contributed by atoms with van der Waals surface area (Å²) in [5, 5.41) is 9.21. The van der Waals surface area contributed by atoms with Crippen LogP contribution in [0.15, 0.2) is 53.5 Å². The molecule has 2 rings (SSSR count). The van der Waals surface area contributed by atoms with E-state index in [2.05, 4.69) is 40.0 Å². The van der Waals surface area contributed by atoms with E-state index in [1.807, 2.05) is 19.1 Å². The first kappa shape index (κ1) is 23.9. The molecule has 0 saturated heterocycles. The third kappa shape index (κ3) is 9.16. The molecule has 0 atom stereocenters. The van der Waals surface area contributed by atoms with Crippen LogP contribution in [0.2, 0.25) is 0 Å². The van der Waals surface area contributed by atoms with E-state index in [1.165, 1.54) is 17.7 Å². The summed E-state index contributed by atoms with van der Waals surface area (Å²) >= 11 is 0. The van der Waals surface area contributed by atoms with Crippen LogP contribution in [0.5, 0.6) is 0 Å². The third-order valence-corrected chi connectivity index (χ3v) is 3.84. The maximum absolute atomic E-state index is 13.1. The summed E-state index contributed by atoms with van der Waals surface area (Å²) in [7, 11) is 0. The van der Waals surface area contributed by atoms with Crippen LogP contribution in [0.3, 0.4) is 0 Å². The van der Waals surface area contributed by atoms with Gasteiger partial charge in [0.05, 0.1) is 13.0 Å². The number of nitrogens with one attached hydrogen (secondary N) is 3. The maximum Gasteiger partial charge on any atom is 0.224 e. The standard InChI is InChI=1S/C21H27FN4O.HI/c1-3-23-21(26-15-18-8-4-6-16(2)12-18)25-11-10-24-20(27)14-17-7-5-9-19(22)13-17;/h4-9,12-13H,3,10-11,14-15H2,1-2H3,(H,24,27)(H2,23,25,26);1H. The molecule has 0 aliphatic carbocycles. The minimum Gasteiger partial charge on any atom is -0.357 e. The Hall–Kier alpha value is -2.16. The van der Waals surface area contributed by atoms with E-state index in [1.54, 1.807) is 12.1 Å². The molecule has 2 aromatic carbocycles. The van der Waals surface area contributed by atoms with Crippen LogP contribution >= 0.6 is 24.0 Å². The Kier molecular flexibility index (Phi) is 11.2. The number of rotatable bonds is 8. The molecule has 1 amide bonds. The zero-order chi connectivity index (χ0) is 19.5. The molecule has 3 N–H and O–H groups in total. The van der Waals surface area contributed by atoms with Gasteiger partial charge in [-0.05, 0) is 37.1 Å². The summed E-state index contributed by atoms with van der Waals surface area (Å²) < 4.78 is 13.1. The summed E-state index contributed by atoms with van der Waals surface area (Å²) in [5.41, 5.74) is 3.02. The molecule has 0 heterocycles. The summed E-state index contributed by atoms with van der Waals surface area (Å²) in [6.07, 6.45) is 0.166. The molecule has 2 aromatic rings. The van der Waals surface area contributed by atoms with Crippen molar-refractivity contribution in [1.29, 1.82) is 0 Å². The van der Waals surface area contributed by atoms with Gasteiger partial charge in [0.1, 0.15) is 5.82 Å². The highest BCUT2D eigenvalue weighted by molar-refractivity contribution is 14.0. The lowest BCUT2D eigenvalue weighted by molar-refractivity contribution is -0.120. The number of hydrogen-bond acceptors (Lipinski definition) is 2. The highest BCUT2D eigenvalue weighted by Gasteiger charge is 2.04. The number of nitrogens with zero attached hydrogens (tertiary/aromatic N) is 1. The molecule has 0 saturated carbocycles. The van der Waals surface area contributed by atoms with Gasteiger partial charge in [0, 0.05) is 19.6 Å². The molecular weight excluding hydrogens is 470 g/mol. The lowest BCUT2D eigenvalue weighted by Gasteiger charge is -2.12.